The molecule has 1 atom stereocenters. The van der Waals surface area contributed by atoms with Crippen LogP contribution in [0, 0.1) is 0 Å². The van der Waals surface area contributed by atoms with Crippen molar-refractivity contribution in [2.75, 3.05) is 45.1 Å². The lowest BCUT2D eigenvalue weighted by Gasteiger charge is -2.32. The van der Waals surface area contributed by atoms with Crippen molar-refractivity contribution in [2.45, 2.75) is 19.4 Å². The van der Waals surface area contributed by atoms with Crippen LogP contribution in [-0.4, -0.2) is 75.2 Å². The van der Waals surface area contributed by atoms with Crippen molar-refractivity contribution in [3.05, 3.63) is 30.7 Å². The maximum absolute atomic E-state index is 4.66. The Morgan fingerprint density at radius 1 is 1.27 bits per heavy atom. The van der Waals surface area contributed by atoms with Crippen molar-refractivity contribution in [1.82, 2.24) is 29.4 Å². The number of piperazine rings is 1. The van der Waals surface area contributed by atoms with E-state index in [1.807, 2.05) is 29.0 Å². The van der Waals surface area contributed by atoms with Crippen LogP contribution in [0.25, 0.3) is 16.2 Å². The first-order valence-corrected chi connectivity index (χ1v) is 9.93. The highest BCUT2D eigenvalue weighted by Gasteiger charge is 2.15. The Bertz CT molecular complexity index is 804. The predicted molar refractivity (Wildman–Crippen MR) is 106 cm³/mol. The third kappa shape index (κ3) is 4.03. The SMILES string of the molecule is CC(CCN1CCN(C)CC1)Nc1nn2cc(-c3cccnc3)nc2s1. The average Bonchev–Trinajstić information content (AvgIpc) is 3.20. The Hall–Kier alpha value is -2.03. The minimum Gasteiger partial charge on any atom is -0.358 e. The molecule has 0 aliphatic carbocycles. The predicted octanol–water partition coefficient (Wildman–Crippen LogP) is 2.29. The Morgan fingerprint density at radius 2 is 2.12 bits per heavy atom. The van der Waals surface area contributed by atoms with Crippen molar-refractivity contribution >= 4 is 21.4 Å². The van der Waals surface area contributed by atoms with Crippen LogP contribution in [0.2, 0.25) is 0 Å². The Kier molecular flexibility index (Phi) is 5.14. The normalized spacial score (nSPS) is 17.6. The third-order valence-electron chi connectivity index (χ3n) is 4.84. The molecule has 26 heavy (non-hydrogen) atoms. The number of fused-ring (bicyclic) bond motifs is 1. The number of anilines is 1. The summed E-state index contributed by atoms with van der Waals surface area (Å²) >= 11 is 1.59. The number of pyridine rings is 1. The quantitative estimate of drug-likeness (QED) is 0.717. The molecule has 138 valence electrons. The smallest absolute Gasteiger partial charge is 0.214 e. The minimum absolute atomic E-state index is 0.392. The zero-order valence-electron chi connectivity index (χ0n) is 15.3. The zero-order valence-corrected chi connectivity index (χ0v) is 16.1. The van der Waals surface area contributed by atoms with E-state index in [-0.39, 0.29) is 0 Å². The molecular formula is C18H25N7S. The van der Waals surface area contributed by atoms with E-state index in [9.17, 15) is 0 Å². The highest BCUT2D eigenvalue weighted by Crippen LogP contribution is 2.24. The maximum atomic E-state index is 4.66. The van der Waals surface area contributed by atoms with Crippen molar-refractivity contribution in [3.8, 4) is 11.3 Å². The first-order valence-electron chi connectivity index (χ1n) is 9.11. The van der Waals surface area contributed by atoms with Gasteiger partial charge in [-0.3, -0.25) is 4.98 Å². The van der Waals surface area contributed by atoms with Crippen LogP contribution in [0.1, 0.15) is 13.3 Å². The summed E-state index contributed by atoms with van der Waals surface area (Å²) < 4.78 is 1.85. The van der Waals surface area contributed by atoms with Gasteiger partial charge in [-0.25, -0.2) is 9.50 Å². The van der Waals surface area contributed by atoms with Gasteiger partial charge in [-0.1, -0.05) is 11.3 Å². The van der Waals surface area contributed by atoms with Gasteiger partial charge in [-0.15, -0.1) is 5.10 Å². The molecule has 1 N–H and O–H groups in total. The largest absolute Gasteiger partial charge is 0.358 e. The van der Waals surface area contributed by atoms with E-state index in [1.165, 1.54) is 26.2 Å². The molecule has 0 bridgehead atoms. The monoisotopic (exact) mass is 371 g/mol. The molecule has 4 rings (SSSR count). The van der Waals surface area contributed by atoms with Gasteiger partial charge in [0.15, 0.2) is 0 Å². The molecule has 1 aliphatic rings. The molecular weight excluding hydrogens is 346 g/mol. The molecule has 4 heterocycles. The summed E-state index contributed by atoms with van der Waals surface area (Å²) in [5.41, 5.74) is 1.92. The molecule has 7 nitrogen and oxygen atoms in total. The lowest BCUT2D eigenvalue weighted by molar-refractivity contribution is 0.151. The maximum Gasteiger partial charge on any atom is 0.214 e. The van der Waals surface area contributed by atoms with E-state index < -0.39 is 0 Å². The summed E-state index contributed by atoms with van der Waals surface area (Å²) in [5, 5.41) is 9.07. The van der Waals surface area contributed by atoms with E-state index >= 15 is 0 Å². The van der Waals surface area contributed by atoms with Crippen LogP contribution in [0.3, 0.4) is 0 Å². The standard InChI is InChI=1S/C18H25N7S/c1-14(5-7-24-10-8-23(2)9-11-24)20-17-22-25-13-16(21-18(25)26-17)15-4-3-6-19-12-15/h3-4,6,12-14H,5,7-11H2,1-2H3,(H,20,22). The van der Waals surface area contributed by atoms with Gasteiger partial charge >= 0.3 is 0 Å². The fourth-order valence-electron chi connectivity index (χ4n) is 3.14. The van der Waals surface area contributed by atoms with Crippen LogP contribution in [0.5, 0.6) is 0 Å². The fourth-order valence-corrected chi connectivity index (χ4v) is 4.04. The second-order valence-electron chi connectivity index (χ2n) is 6.98. The lowest BCUT2D eigenvalue weighted by atomic mass is 10.2. The van der Waals surface area contributed by atoms with Crippen LogP contribution < -0.4 is 5.32 Å². The summed E-state index contributed by atoms with van der Waals surface area (Å²) in [6.45, 7) is 8.04. The topological polar surface area (TPSA) is 61.6 Å². The second-order valence-corrected chi connectivity index (χ2v) is 7.94. The van der Waals surface area contributed by atoms with Gasteiger partial charge in [0.1, 0.15) is 0 Å². The van der Waals surface area contributed by atoms with Crippen LogP contribution in [0.4, 0.5) is 5.13 Å². The van der Waals surface area contributed by atoms with Crippen molar-refractivity contribution in [2.24, 2.45) is 0 Å². The van der Waals surface area contributed by atoms with E-state index in [0.29, 0.717) is 6.04 Å². The van der Waals surface area contributed by atoms with Gasteiger partial charge in [0, 0.05) is 56.7 Å². The van der Waals surface area contributed by atoms with Crippen molar-refractivity contribution in [3.63, 3.8) is 0 Å². The summed E-state index contributed by atoms with van der Waals surface area (Å²) in [6, 6.07) is 4.33. The van der Waals surface area contributed by atoms with Crippen LogP contribution in [-0.2, 0) is 0 Å². The van der Waals surface area contributed by atoms with E-state index in [2.05, 4.69) is 44.2 Å². The lowest BCUT2D eigenvalue weighted by Crippen LogP contribution is -2.45. The van der Waals surface area contributed by atoms with Gasteiger partial charge in [0.25, 0.3) is 0 Å². The van der Waals surface area contributed by atoms with Crippen LogP contribution >= 0.6 is 11.3 Å². The molecule has 8 heteroatoms. The molecule has 1 fully saturated rings. The van der Waals surface area contributed by atoms with E-state index in [0.717, 1.165) is 34.3 Å². The number of aromatic nitrogens is 4. The summed E-state index contributed by atoms with van der Waals surface area (Å²) in [7, 11) is 2.19. The number of hydrogen-bond donors (Lipinski definition) is 1. The highest BCUT2D eigenvalue weighted by molar-refractivity contribution is 7.20. The number of rotatable bonds is 6. The van der Waals surface area contributed by atoms with Crippen molar-refractivity contribution < 1.29 is 0 Å². The van der Waals surface area contributed by atoms with Gasteiger partial charge in [-0.2, -0.15) is 0 Å². The number of hydrogen-bond acceptors (Lipinski definition) is 7. The summed E-state index contributed by atoms with van der Waals surface area (Å²) in [4.78, 5) is 14.7. The van der Waals surface area contributed by atoms with Crippen molar-refractivity contribution in [1.29, 1.82) is 0 Å². The second kappa shape index (κ2) is 7.69. The summed E-state index contributed by atoms with van der Waals surface area (Å²) in [6.07, 6.45) is 6.67. The molecule has 0 radical (unpaired) electrons. The molecule has 3 aromatic heterocycles. The molecule has 0 aromatic carbocycles. The fraction of sp³-hybridized carbons (Fsp3) is 0.500. The van der Waals surface area contributed by atoms with Crippen LogP contribution in [0.15, 0.2) is 30.7 Å². The average molecular weight is 372 g/mol. The number of imidazole rings is 1. The molecule has 0 amide bonds. The number of nitrogens with one attached hydrogen (secondary N) is 1. The number of likely N-dealkylation sites (N-methyl/N-ethyl adjacent to an activating group) is 1. The summed E-state index contributed by atoms with van der Waals surface area (Å²) in [5.74, 6) is 0. The highest BCUT2D eigenvalue weighted by atomic mass is 32.1. The Balaban J connectivity index is 1.33. The first-order chi connectivity index (χ1) is 12.7. The van der Waals surface area contributed by atoms with Gasteiger partial charge < -0.3 is 15.1 Å². The van der Waals surface area contributed by atoms with Gasteiger partial charge in [0.2, 0.25) is 10.1 Å². The molecule has 0 saturated carbocycles. The first kappa shape index (κ1) is 17.4. The third-order valence-corrected chi connectivity index (χ3v) is 5.70. The van der Waals surface area contributed by atoms with E-state index in [1.54, 1.807) is 17.5 Å². The molecule has 0 spiro atoms. The Labute approximate surface area is 157 Å². The zero-order chi connectivity index (χ0) is 17.9. The molecule has 1 unspecified atom stereocenters. The van der Waals surface area contributed by atoms with Gasteiger partial charge in [-0.05, 0) is 32.5 Å². The number of nitrogens with zero attached hydrogens (tertiary/aromatic N) is 6. The minimum atomic E-state index is 0.392. The van der Waals surface area contributed by atoms with Gasteiger partial charge in [0.05, 0.1) is 11.9 Å². The molecule has 3 aromatic rings. The Morgan fingerprint density at radius 3 is 2.85 bits per heavy atom. The molecule has 1 aliphatic heterocycles. The van der Waals surface area contributed by atoms with E-state index in [4.69, 9.17) is 0 Å². The molecule has 1 saturated heterocycles.